The molecule has 0 aliphatic carbocycles. The highest BCUT2D eigenvalue weighted by Gasteiger charge is 2.07. The Morgan fingerprint density at radius 2 is 2.07 bits per heavy atom. The van der Waals surface area contributed by atoms with Crippen LogP contribution in [0.2, 0.25) is 0 Å². The molecule has 0 heterocycles. The zero-order valence-electron chi connectivity index (χ0n) is 9.83. The molecule has 0 radical (unpaired) electrons. The van der Waals surface area contributed by atoms with Crippen LogP contribution >= 0.6 is 0 Å². The third-order valence-corrected chi connectivity index (χ3v) is 2.77. The number of benzene rings is 1. The van der Waals surface area contributed by atoms with Crippen LogP contribution in [-0.4, -0.2) is 12.3 Å². The molecule has 0 bridgehead atoms. The summed E-state index contributed by atoms with van der Waals surface area (Å²) in [4.78, 5) is 4.64. The Kier molecular flexibility index (Phi) is 4.50. The van der Waals surface area contributed by atoms with Crippen LogP contribution in [-0.2, 0) is 0 Å². The summed E-state index contributed by atoms with van der Waals surface area (Å²) < 4.78 is 0. The summed E-state index contributed by atoms with van der Waals surface area (Å²) in [6.07, 6.45) is 1.09. The normalized spacial score (nSPS) is 14.0. The number of para-hydroxylation sites is 1. The van der Waals surface area contributed by atoms with Crippen molar-refractivity contribution >= 4 is 11.4 Å². The minimum Gasteiger partial charge on any atom is -0.325 e. The van der Waals surface area contributed by atoms with Crippen LogP contribution in [0.25, 0.3) is 0 Å². The number of rotatable bonds is 4. The Morgan fingerprint density at radius 3 is 2.60 bits per heavy atom. The van der Waals surface area contributed by atoms with Gasteiger partial charge >= 0.3 is 0 Å². The monoisotopic (exact) mass is 204 g/mol. The molecule has 0 aliphatic rings. The van der Waals surface area contributed by atoms with E-state index in [1.165, 1.54) is 5.56 Å². The van der Waals surface area contributed by atoms with Gasteiger partial charge in [0, 0.05) is 12.3 Å². The molecular formula is C13H20N2. The first-order valence-corrected chi connectivity index (χ1v) is 5.52. The average Bonchev–Trinajstić information content (AvgIpc) is 2.27. The molecule has 2 heteroatoms. The van der Waals surface area contributed by atoms with Crippen LogP contribution in [0.3, 0.4) is 0 Å². The first kappa shape index (κ1) is 11.9. The number of nitrogens with two attached hydrogens (primary N) is 1. The average molecular weight is 204 g/mol. The molecule has 0 aromatic heterocycles. The summed E-state index contributed by atoms with van der Waals surface area (Å²) in [6.45, 7) is 6.95. The SMILES string of the molecule is CCC(C)C(CN)=Nc1ccccc1C. The van der Waals surface area contributed by atoms with Crippen molar-refractivity contribution in [2.24, 2.45) is 16.6 Å². The molecular weight excluding hydrogens is 184 g/mol. The molecule has 0 amide bonds. The van der Waals surface area contributed by atoms with Crippen molar-refractivity contribution in [3.63, 3.8) is 0 Å². The molecule has 1 aromatic rings. The van der Waals surface area contributed by atoms with Gasteiger partial charge < -0.3 is 5.73 Å². The Morgan fingerprint density at radius 1 is 1.40 bits per heavy atom. The largest absolute Gasteiger partial charge is 0.325 e. The summed E-state index contributed by atoms with van der Waals surface area (Å²) in [7, 11) is 0. The van der Waals surface area contributed by atoms with E-state index in [2.05, 4.69) is 31.8 Å². The lowest BCUT2D eigenvalue weighted by atomic mass is 10.0. The van der Waals surface area contributed by atoms with E-state index >= 15 is 0 Å². The van der Waals surface area contributed by atoms with Gasteiger partial charge in [0.1, 0.15) is 0 Å². The van der Waals surface area contributed by atoms with Gasteiger partial charge in [0.15, 0.2) is 0 Å². The summed E-state index contributed by atoms with van der Waals surface area (Å²) in [5, 5.41) is 0. The number of hydrogen-bond donors (Lipinski definition) is 1. The second kappa shape index (κ2) is 5.66. The van der Waals surface area contributed by atoms with Gasteiger partial charge in [-0.05, 0) is 30.9 Å². The fourth-order valence-electron chi connectivity index (χ4n) is 1.44. The van der Waals surface area contributed by atoms with Crippen LogP contribution in [0.5, 0.6) is 0 Å². The van der Waals surface area contributed by atoms with Gasteiger partial charge in [0.2, 0.25) is 0 Å². The zero-order valence-corrected chi connectivity index (χ0v) is 9.83. The standard InChI is InChI=1S/C13H20N2/c1-4-10(2)13(9-14)15-12-8-6-5-7-11(12)3/h5-8,10H,4,9,14H2,1-3H3. The minimum atomic E-state index is 0.467. The smallest absolute Gasteiger partial charge is 0.0658 e. The number of aryl methyl sites for hydroxylation is 1. The number of hydrogen-bond acceptors (Lipinski definition) is 2. The van der Waals surface area contributed by atoms with Gasteiger partial charge in [0.05, 0.1) is 5.69 Å². The van der Waals surface area contributed by atoms with Crippen molar-refractivity contribution in [1.82, 2.24) is 0 Å². The van der Waals surface area contributed by atoms with E-state index in [1.54, 1.807) is 0 Å². The van der Waals surface area contributed by atoms with Crippen molar-refractivity contribution in [1.29, 1.82) is 0 Å². The first-order chi connectivity index (χ1) is 7.19. The van der Waals surface area contributed by atoms with Crippen molar-refractivity contribution in [2.45, 2.75) is 27.2 Å². The van der Waals surface area contributed by atoms with Crippen molar-refractivity contribution in [3.8, 4) is 0 Å². The highest BCUT2D eigenvalue weighted by Crippen LogP contribution is 2.19. The van der Waals surface area contributed by atoms with Crippen LogP contribution in [0.4, 0.5) is 5.69 Å². The predicted octanol–water partition coefficient (Wildman–Crippen LogP) is 3.07. The predicted molar refractivity (Wildman–Crippen MR) is 66.8 cm³/mol. The molecule has 15 heavy (non-hydrogen) atoms. The van der Waals surface area contributed by atoms with Gasteiger partial charge in [-0.25, -0.2) is 0 Å². The molecule has 0 saturated heterocycles. The van der Waals surface area contributed by atoms with Gasteiger partial charge in [-0.1, -0.05) is 32.0 Å². The quantitative estimate of drug-likeness (QED) is 0.752. The molecule has 1 atom stereocenters. The minimum absolute atomic E-state index is 0.467. The molecule has 1 aromatic carbocycles. The van der Waals surface area contributed by atoms with Crippen LogP contribution in [0.15, 0.2) is 29.3 Å². The highest BCUT2D eigenvalue weighted by atomic mass is 14.8. The molecule has 2 N–H and O–H groups in total. The zero-order chi connectivity index (χ0) is 11.3. The molecule has 0 fully saturated rings. The summed E-state index contributed by atoms with van der Waals surface area (Å²) >= 11 is 0. The van der Waals surface area contributed by atoms with E-state index in [1.807, 2.05) is 18.2 Å². The molecule has 0 spiro atoms. The highest BCUT2D eigenvalue weighted by molar-refractivity contribution is 5.90. The van der Waals surface area contributed by atoms with Gasteiger partial charge in [0.25, 0.3) is 0 Å². The van der Waals surface area contributed by atoms with Gasteiger partial charge in [-0.15, -0.1) is 0 Å². The lowest BCUT2D eigenvalue weighted by Gasteiger charge is -2.11. The third kappa shape index (κ3) is 3.17. The van der Waals surface area contributed by atoms with Crippen LogP contribution in [0.1, 0.15) is 25.8 Å². The maximum absolute atomic E-state index is 5.72. The maximum Gasteiger partial charge on any atom is 0.0658 e. The lowest BCUT2D eigenvalue weighted by Crippen LogP contribution is -2.20. The van der Waals surface area contributed by atoms with E-state index in [9.17, 15) is 0 Å². The summed E-state index contributed by atoms with van der Waals surface area (Å²) in [5.74, 6) is 0.467. The molecule has 1 unspecified atom stereocenters. The summed E-state index contributed by atoms with van der Waals surface area (Å²) in [6, 6.07) is 8.15. The van der Waals surface area contributed by atoms with E-state index in [4.69, 9.17) is 5.73 Å². The van der Waals surface area contributed by atoms with E-state index in [0.29, 0.717) is 12.5 Å². The van der Waals surface area contributed by atoms with Gasteiger partial charge in [-0.3, -0.25) is 4.99 Å². The Hall–Kier alpha value is -1.15. The van der Waals surface area contributed by atoms with E-state index in [0.717, 1.165) is 17.8 Å². The maximum atomic E-state index is 5.72. The van der Waals surface area contributed by atoms with Crippen LogP contribution < -0.4 is 5.73 Å². The number of nitrogens with zero attached hydrogens (tertiary/aromatic N) is 1. The fraction of sp³-hybridized carbons (Fsp3) is 0.462. The molecule has 82 valence electrons. The summed E-state index contributed by atoms with van der Waals surface area (Å²) in [5.41, 5.74) is 9.05. The van der Waals surface area contributed by atoms with E-state index in [-0.39, 0.29) is 0 Å². The van der Waals surface area contributed by atoms with Crippen LogP contribution in [0, 0.1) is 12.8 Å². The third-order valence-electron chi connectivity index (χ3n) is 2.77. The van der Waals surface area contributed by atoms with Gasteiger partial charge in [-0.2, -0.15) is 0 Å². The first-order valence-electron chi connectivity index (χ1n) is 5.52. The molecule has 2 nitrogen and oxygen atoms in total. The Bertz CT molecular complexity index is 342. The van der Waals surface area contributed by atoms with E-state index < -0.39 is 0 Å². The van der Waals surface area contributed by atoms with Crippen molar-refractivity contribution in [2.75, 3.05) is 6.54 Å². The molecule has 0 aliphatic heterocycles. The Balaban J connectivity index is 2.98. The molecule has 0 saturated carbocycles. The second-order valence-corrected chi connectivity index (χ2v) is 3.90. The topological polar surface area (TPSA) is 38.4 Å². The molecule has 1 rings (SSSR count). The van der Waals surface area contributed by atoms with Crippen molar-refractivity contribution < 1.29 is 0 Å². The fourth-order valence-corrected chi connectivity index (χ4v) is 1.44. The number of aliphatic imine (C=N–C) groups is 1. The Labute approximate surface area is 92.2 Å². The second-order valence-electron chi connectivity index (χ2n) is 3.90. The van der Waals surface area contributed by atoms with Crippen molar-refractivity contribution in [3.05, 3.63) is 29.8 Å². The lowest BCUT2D eigenvalue weighted by molar-refractivity contribution is 0.729.